The maximum absolute atomic E-state index is 13.9. The van der Waals surface area contributed by atoms with E-state index in [1.54, 1.807) is 0 Å². The molecule has 1 N–H and O–H groups in total. The minimum atomic E-state index is -0.266. The summed E-state index contributed by atoms with van der Waals surface area (Å²) in [5.74, 6) is 0.0368. The lowest BCUT2D eigenvalue weighted by Crippen LogP contribution is -2.27. The van der Waals surface area contributed by atoms with Gasteiger partial charge in [0.1, 0.15) is 5.82 Å². The fraction of sp³-hybridized carbons (Fsp3) is 0.455. The number of benzene rings is 1. The highest BCUT2D eigenvalue weighted by Gasteiger charge is 2.20. The molecule has 0 aliphatic carbocycles. The van der Waals surface area contributed by atoms with Gasteiger partial charge in [0.05, 0.1) is 5.02 Å². The van der Waals surface area contributed by atoms with E-state index < -0.39 is 0 Å². The summed E-state index contributed by atoms with van der Waals surface area (Å²) in [5.41, 5.74) is 0.754. The third kappa shape index (κ3) is 2.35. The number of nitrogens with one attached hydrogen (secondary N) is 1. The fourth-order valence-corrected chi connectivity index (χ4v) is 2.47. The lowest BCUT2D eigenvalue weighted by Gasteiger charge is -2.23. The minimum Gasteiger partial charge on any atom is -0.317 e. The summed E-state index contributed by atoms with van der Waals surface area (Å²) in [7, 11) is 0. The van der Waals surface area contributed by atoms with Crippen molar-refractivity contribution in [1.82, 2.24) is 5.32 Å². The summed E-state index contributed by atoms with van der Waals surface area (Å²) in [6, 6.07) is 3.66. The molecule has 0 unspecified atom stereocenters. The highest BCUT2D eigenvalue weighted by atomic mass is 79.9. The minimum absolute atomic E-state index is 0.200. The Balaban J connectivity index is 2.31. The Morgan fingerprint density at radius 3 is 2.67 bits per heavy atom. The highest BCUT2D eigenvalue weighted by molar-refractivity contribution is 9.10. The fourth-order valence-electron chi connectivity index (χ4n) is 1.99. The molecular weight excluding hydrogens is 280 g/mol. The number of piperidine rings is 1. The van der Waals surface area contributed by atoms with Gasteiger partial charge < -0.3 is 5.32 Å². The molecule has 0 saturated carbocycles. The smallest absolute Gasteiger partial charge is 0.146 e. The number of hydrogen-bond acceptors (Lipinski definition) is 1. The Morgan fingerprint density at radius 1 is 1.33 bits per heavy atom. The second-order valence-corrected chi connectivity index (χ2v) is 5.02. The lowest BCUT2D eigenvalue weighted by atomic mass is 9.90. The highest BCUT2D eigenvalue weighted by Crippen LogP contribution is 2.34. The summed E-state index contributed by atoms with van der Waals surface area (Å²) in [6.07, 6.45) is 1.96. The van der Waals surface area contributed by atoms with Gasteiger partial charge in [-0.25, -0.2) is 4.39 Å². The lowest BCUT2D eigenvalue weighted by molar-refractivity contribution is 0.445. The third-order valence-corrected chi connectivity index (χ3v) is 4.10. The van der Waals surface area contributed by atoms with E-state index >= 15 is 0 Å². The van der Waals surface area contributed by atoms with Gasteiger partial charge in [0.15, 0.2) is 0 Å². The van der Waals surface area contributed by atoms with Gasteiger partial charge >= 0.3 is 0 Å². The molecule has 82 valence electrons. The number of rotatable bonds is 1. The van der Waals surface area contributed by atoms with Crippen LogP contribution < -0.4 is 5.32 Å². The molecule has 1 aliphatic heterocycles. The molecule has 0 radical (unpaired) electrons. The molecule has 0 amide bonds. The molecule has 1 aromatic rings. The zero-order valence-corrected chi connectivity index (χ0v) is 10.5. The molecule has 1 aliphatic rings. The van der Waals surface area contributed by atoms with E-state index in [1.165, 1.54) is 0 Å². The van der Waals surface area contributed by atoms with Crippen LogP contribution in [0.4, 0.5) is 4.39 Å². The molecule has 15 heavy (non-hydrogen) atoms. The normalized spacial score (nSPS) is 18.1. The van der Waals surface area contributed by atoms with Crippen molar-refractivity contribution in [2.45, 2.75) is 18.8 Å². The average molecular weight is 293 g/mol. The zero-order valence-electron chi connectivity index (χ0n) is 8.19. The topological polar surface area (TPSA) is 12.0 Å². The van der Waals surface area contributed by atoms with Crippen molar-refractivity contribution in [1.29, 1.82) is 0 Å². The molecule has 0 aromatic heterocycles. The molecular formula is C11H12BrClFN. The van der Waals surface area contributed by atoms with E-state index in [1.807, 2.05) is 12.1 Å². The third-order valence-electron chi connectivity index (χ3n) is 2.84. The van der Waals surface area contributed by atoms with Gasteiger partial charge in [-0.2, -0.15) is 0 Å². The van der Waals surface area contributed by atoms with Crippen LogP contribution in [0.1, 0.15) is 24.3 Å². The van der Waals surface area contributed by atoms with Crippen LogP contribution >= 0.6 is 27.5 Å². The molecule has 4 heteroatoms. The van der Waals surface area contributed by atoms with E-state index in [0.29, 0.717) is 10.4 Å². The SMILES string of the molecule is Fc1c(C2CCNCC2)ccc(Br)c1Cl. The van der Waals surface area contributed by atoms with Crippen LogP contribution in [0.15, 0.2) is 16.6 Å². The first-order valence-electron chi connectivity index (χ1n) is 5.04. The predicted molar refractivity (Wildman–Crippen MR) is 64.0 cm³/mol. The van der Waals surface area contributed by atoms with E-state index in [4.69, 9.17) is 11.6 Å². The summed E-state index contributed by atoms with van der Waals surface area (Å²) in [5, 5.41) is 3.47. The van der Waals surface area contributed by atoms with Gasteiger partial charge in [0.25, 0.3) is 0 Å². The predicted octanol–water partition coefficient (Wildman–Crippen LogP) is 3.71. The molecule has 2 rings (SSSR count). The average Bonchev–Trinajstić information content (AvgIpc) is 2.27. The quantitative estimate of drug-likeness (QED) is 0.778. The molecule has 1 saturated heterocycles. The van der Waals surface area contributed by atoms with Crippen molar-refractivity contribution in [3.63, 3.8) is 0 Å². The van der Waals surface area contributed by atoms with Gasteiger partial charge in [-0.05, 0) is 59.4 Å². The molecule has 1 fully saturated rings. The van der Waals surface area contributed by atoms with Gasteiger partial charge in [-0.1, -0.05) is 17.7 Å². The number of hydrogen-bond donors (Lipinski definition) is 1. The summed E-state index contributed by atoms with van der Waals surface area (Å²) in [4.78, 5) is 0. The first kappa shape index (κ1) is 11.4. The van der Waals surface area contributed by atoms with Crippen molar-refractivity contribution >= 4 is 27.5 Å². The zero-order chi connectivity index (χ0) is 10.8. The van der Waals surface area contributed by atoms with Gasteiger partial charge in [-0.15, -0.1) is 0 Å². The van der Waals surface area contributed by atoms with Gasteiger partial charge in [0, 0.05) is 4.47 Å². The van der Waals surface area contributed by atoms with Crippen molar-refractivity contribution < 1.29 is 4.39 Å². The summed E-state index contributed by atoms with van der Waals surface area (Å²) >= 11 is 9.08. The van der Waals surface area contributed by atoms with Crippen LogP contribution in [0.2, 0.25) is 5.02 Å². The van der Waals surface area contributed by atoms with Crippen molar-refractivity contribution in [2.24, 2.45) is 0 Å². The van der Waals surface area contributed by atoms with E-state index in [9.17, 15) is 4.39 Å². The molecule has 0 bridgehead atoms. The van der Waals surface area contributed by atoms with Crippen LogP contribution in [0.3, 0.4) is 0 Å². The number of halogens is 3. The molecule has 1 aromatic carbocycles. The van der Waals surface area contributed by atoms with E-state index in [-0.39, 0.29) is 10.8 Å². The van der Waals surface area contributed by atoms with Crippen LogP contribution in [0.5, 0.6) is 0 Å². The van der Waals surface area contributed by atoms with E-state index in [0.717, 1.165) is 31.5 Å². The molecule has 1 nitrogen and oxygen atoms in total. The maximum Gasteiger partial charge on any atom is 0.146 e. The second kappa shape index (κ2) is 4.81. The van der Waals surface area contributed by atoms with Crippen LogP contribution in [0, 0.1) is 5.82 Å². The summed E-state index contributed by atoms with van der Waals surface area (Å²) in [6.45, 7) is 1.91. The second-order valence-electron chi connectivity index (χ2n) is 3.79. The summed E-state index contributed by atoms with van der Waals surface area (Å²) < 4.78 is 14.5. The first-order chi connectivity index (χ1) is 7.20. The van der Waals surface area contributed by atoms with Crippen LogP contribution in [-0.4, -0.2) is 13.1 Å². The largest absolute Gasteiger partial charge is 0.317 e. The Morgan fingerprint density at radius 2 is 2.00 bits per heavy atom. The van der Waals surface area contributed by atoms with Crippen LogP contribution in [0.25, 0.3) is 0 Å². The Hall–Kier alpha value is -0.120. The Kier molecular flexibility index (Phi) is 3.65. The molecule has 1 heterocycles. The first-order valence-corrected chi connectivity index (χ1v) is 6.21. The van der Waals surface area contributed by atoms with Gasteiger partial charge in [0.2, 0.25) is 0 Å². The van der Waals surface area contributed by atoms with Crippen molar-refractivity contribution in [3.8, 4) is 0 Å². The monoisotopic (exact) mass is 291 g/mol. The van der Waals surface area contributed by atoms with Gasteiger partial charge in [-0.3, -0.25) is 0 Å². The Labute approximate surface area is 102 Å². The van der Waals surface area contributed by atoms with Crippen LogP contribution in [-0.2, 0) is 0 Å². The van der Waals surface area contributed by atoms with Crippen molar-refractivity contribution in [3.05, 3.63) is 33.0 Å². The van der Waals surface area contributed by atoms with E-state index in [2.05, 4.69) is 21.2 Å². The molecule has 0 spiro atoms. The van der Waals surface area contributed by atoms with Crippen molar-refractivity contribution in [2.75, 3.05) is 13.1 Å². The molecule has 0 atom stereocenters. The Bertz CT molecular complexity index is 364. The maximum atomic E-state index is 13.9. The standard InChI is InChI=1S/C11H12BrClFN/c12-9-2-1-8(11(14)10(9)13)7-3-5-15-6-4-7/h1-2,7,15H,3-6H2.